The van der Waals surface area contributed by atoms with Gasteiger partial charge in [-0.25, -0.2) is 9.78 Å². The molecule has 0 radical (unpaired) electrons. The number of aromatic nitrogens is 1. The third kappa shape index (κ3) is 3.40. The molecular weight excluding hydrogens is 342 g/mol. The average Bonchev–Trinajstić information content (AvgIpc) is 3.18. The molecule has 27 heavy (non-hydrogen) atoms. The molecule has 1 aromatic carbocycles. The van der Waals surface area contributed by atoms with Crippen molar-refractivity contribution in [2.75, 3.05) is 6.61 Å². The number of pyridine rings is 1. The first kappa shape index (κ1) is 17.2. The van der Waals surface area contributed by atoms with Gasteiger partial charge in [-0.05, 0) is 61.6 Å². The molecule has 0 amide bonds. The number of ether oxygens (including phenoxy) is 1. The summed E-state index contributed by atoms with van der Waals surface area (Å²) in [5, 5.41) is 0.754. The minimum Gasteiger partial charge on any atom is -0.465 e. The predicted molar refractivity (Wildman–Crippen MR) is 102 cm³/mol. The molecule has 136 valence electrons. The van der Waals surface area contributed by atoms with E-state index in [1.807, 2.05) is 42.5 Å². The summed E-state index contributed by atoms with van der Waals surface area (Å²) in [5.74, 6) is 0.0989. The van der Waals surface area contributed by atoms with Crippen LogP contribution in [-0.4, -0.2) is 23.3 Å². The summed E-state index contributed by atoms with van der Waals surface area (Å²) in [5.41, 5.74) is 3.98. The number of esters is 1. The Balaban J connectivity index is 1.89. The van der Waals surface area contributed by atoms with Gasteiger partial charge in [0.05, 0.1) is 23.0 Å². The zero-order chi connectivity index (χ0) is 18.8. The number of allylic oxidation sites excluding steroid dienone is 1. The molecule has 0 aliphatic heterocycles. The van der Waals surface area contributed by atoms with Crippen LogP contribution in [0.3, 0.4) is 0 Å². The minimum absolute atomic E-state index is 0.186. The number of rotatable bonds is 4. The Morgan fingerprint density at radius 3 is 2.81 bits per heavy atom. The molecule has 2 aromatic heterocycles. The summed E-state index contributed by atoms with van der Waals surface area (Å²) in [4.78, 5) is 28.9. The van der Waals surface area contributed by atoms with Gasteiger partial charge in [-0.15, -0.1) is 0 Å². The first-order valence-corrected chi connectivity index (χ1v) is 8.96. The fourth-order valence-electron chi connectivity index (χ4n) is 3.49. The van der Waals surface area contributed by atoms with Crippen LogP contribution in [0.4, 0.5) is 0 Å². The van der Waals surface area contributed by atoms with Crippen molar-refractivity contribution >= 4 is 34.3 Å². The molecule has 0 saturated carbocycles. The van der Waals surface area contributed by atoms with Crippen LogP contribution in [0.5, 0.6) is 0 Å². The van der Waals surface area contributed by atoms with Gasteiger partial charge >= 0.3 is 5.97 Å². The zero-order valence-electron chi connectivity index (χ0n) is 15.0. The summed E-state index contributed by atoms with van der Waals surface area (Å²) in [6.45, 7) is 1.18. The zero-order valence-corrected chi connectivity index (χ0v) is 15.0. The van der Waals surface area contributed by atoms with Crippen molar-refractivity contribution in [2.45, 2.75) is 26.2 Å². The highest BCUT2D eigenvalue weighted by atomic mass is 16.5. The number of benzene rings is 1. The molecule has 1 aliphatic carbocycles. The Kier molecular flexibility index (Phi) is 4.59. The maximum Gasteiger partial charge on any atom is 0.339 e. The number of nitrogens with zero attached hydrogens (tertiary/aromatic N) is 1. The SMILES string of the molecule is CC(=O)COC(=O)c1c2c(nc3ccccc13)/C(=C/c1ccco1)CCC2. The van der Waals surface area contributed by atoms with Gasteiger partial charge in [0.15, 0.2) is 5.78 Å². The van der Waals surface area contributed by atoms with E-state index in [4.69, 9.17) is 14.1 Å². The Labute approximate surface area is 156 Å². The summed E-state index contributed by atoms with van der Waals surface area (Å²) in [6.07, 6.45) is 6.12. The highest BCUT2D eigenvalue weighted by molar-refractivity contribution is 6.07. The fraction of sp³-hybridized carbons (Fsp3) is 0.227. The van der Waals surface area contributed by atoms with E-state index in [-0.39, 0.29) is 12.4 Å². The van der Waals surface area contributed by atoms with Gasteiger partial charge in [0, 0.05) is 5.39 Å². The first-order valence-electron chi connectivity index (χ1n) is 8.96. The molecule has 2 heterocycles. The molecule has 5 heteroatoms. The normalized spacial score (nSPS) is 14.9. The van der Waals surface area contributed by atoms with E-state index >= 15 is 0 Å². The molecule has 0 N–H and O–H groups in total. The van der Waals surface area contributed by atoms with Crippen LogP contribution >= 0.6 is 0 Å². The standard InChI is InChI=1S/C22H19NO4/c1-14(24)13-27-22(25)20-17-8-2-3-10-19(17)23-21-15(6-4-9-18(20)21)12-16-7-5-11-26-16/h2-3,5,7-8,10-12H,4,6,9,13H2,1H3/b15-12+. The molecule has 4 rings (SSSR count). The third-order valence-corrected chi connectivity index (χ3v) is 4.64. The lowest BCUT2D eigenvalue weighted by molar-refractivity contribution is -0.120. The van der Waals surface area contributed by atoms with Crippen molar-refractivity contribution in [3.8, 4) is 0 Å². The predicted octanol–water partition coefficient (Wildman–Crippen LogP) is 4.45. The van der Waals surface area contributed by atoms with E-state index in [9.17, 15) is 9.59 Å². The number of hydrogen-bond acceptors (Lipinski definition) is 5. The number of para-hydroxylation sites is 1. The molecule has 3 aromatic rings. The minimum atomic E-state index is -0.473. The first-order chi connectivity index (χ1) is 13.1. The maximum atomic E-state index is 12.8. The van der Waals surface area contributed by atoms with E-state index in [1.165, 1.54) is 6.92 Å². The van der Waals surface area contributed by atoms with E-state index < -0.39 is 5.97 Å². The van der Waals surface area contributed by atoms with Crippen molar-refractivity contribution in [3.63, 3.8) is 0 Å². The summed E-state index contributed by atoms with van der Waals surface area (Å²) >= 11 is 0. The monoisotopic (exact) mass is 361 g/mol. The Morgan fingerprint density at radius 2 is 2.04 bits per heavy atom. The van der Waals surface area contributed by atoms with Gasteiger partial charge in [0.2, 0.25) is 0 Å². The number of carbonyl (C=O) groups excluding carboxylic acids is 2. The Morgan fingerprint density at radius 1 is 1.19 bits per heavy atom. The molecular formula is C22H19NO4. The van der Waals surface area contributed by atoms with E-state index in [0.29, 0.717) is 5.56 Å². The number of ketones is 1. The van der Waals surface area contributed by atoms with Crippen molar-refractivity contribution in [3.05, 3.63) is 65.2 Å². The van der Waals surface area contributed by atoms with Crippen LogP contribution in [0.2, 0.25) is 0 Å². The van der Waals surface area contributed by atoms with Crippen molar-refractivity contribution < 1.29 is 18.7 Å². The average molecular weight is 361 g/mol. The number of Topliss-reactive ketones (excluding diaryl/α,β-unsaturated/α-hetero) is 1. The highest BCUT2D eigenvalue weighted by Crippen LogP contribution is 2.36. The van der Waals surface area contributed by atoms with Crippen LogP contribution in [0.15, 0.2) is 47.1 Å². The van der Waals surface area contributed by atoms with Crippen molar-refractivity contribution in [1.29, 1.82) is 0 Å². The van der Waals surface area contributed by atoms with E-state index in [0.717, 1.165) is 52.8 Å². The molecule has 0 bridgehead atoms. The molecule has 0 saturated heterocycles. The van der Waals surface area contributed by atoms with Gasteiger partial charge < -0.3 is 9.15 Å². The van der Waals surface area contributed by atoms with Crippen LogP contribution in [0.1, 0.15) is 47.1 Å². The van der Waals surface area contributed by atoms with Crippen molar-refractivity contribution in [2.24, 2.45) is 0 Å². The molecule has 0 unspecified atom stereocenters. The lowest BCUT2D eigenvalue weighted by Gasteiger charge is -2.22. The molecule has 1 aliphatic rings. The maximum absolute atomic E-state index is 12.8. The topological polar surface area (TPSA) is 69.4 Å². The second-order valence-electron chi connectivity index (χ2n) is 6.65. The van der Waals surface area contributed by atoms with Gasteiger partial charge in [-0.2, -0.15) is 0 Å². The second-order valence-corrected chi connectivity index (χ2v) is 6.65. The van der Waals surface area contributed by atoms with Crippen LogP contribution in [0.25, 0.3) is 22.6 Å². The number of furan rings is 1. The van der Waals surface area contributed by atoms with Gasteiger partial charge in [-0.1, -0.05) is 18.2 Å². The molecule has 5 nitrogen and oxygen atoms in total. The fourth-order valence-corrected chi connectivity index (χ4v) is 3.49. The summed E-state index contributed by atoms with van der Waals surface area (Å²) in [7, 11) is 0. The number of hydrogen-bond donors (Lipinski definition) is 0. The molecule has 0 spiro atoms. The number of carbonyl (C=O) groups is 2. The van der Waals surface area contributed by atoms with Crippen molar-refractivity contribution in [1.82, 2.24) is 4.98 Å². The van der Waals surface area contributed by atoms with Gasteiger partial charge in [0.25, 0.3) is 0 Å². The lowest BCUT2D eigenvalue weighted by Crippen LogP contribution is -2.17. The third-order valence-electron chi connectivity index (χ3n) is 4.64. The van der Waals surface area contributed by atoms with Crippen LogP contribution in [-0.2, 0) is 16.0 Å². The smallest absolute Gasteiger partial charge is 0.339 e. The second kappa shape index (κ2) is 7.19. The van der Waals surface area contributed by atoms with Gasteiger partial charge in [-0.3, -0.25) is 4.79 Å². The van der Waals surface area contributed by atoms with E-state index in [1.54, 1.807) is 6.26 Å². The quantitative estimate of drug-likeness (QED) is 0.642. The van der Waals surface area contributed by atoms with Crippen LogP contribution < -0.4 is 0 Å². The summed E-state index contributed by atoms with van der Waals surface area (Å²) < 4.78 is 10.7. The lowest BCUT2D eigenvalue weighted by atomic mass is 9.86. The Hall–Kier alpha value is -3.21. The Bertz CT molecular complexity index is 1050. The molecule has 0 fully saturated rings. The molecule has 0 atom stereocenters. The highest BCUT2D eigenvalue weighted by Gasteiger charge is 2.26. The van der Waals surface area contributed by atoms with Crippen LogP contribution in [0, 0.1) is 0 Å². The summed E-state index contributed by atoms with van der Waals surface area (Å²) in [6, 6.07) is 11.3. The number of fused-ring (bicyclic) bond motifs is 2. The van der Waals surface area contributed by atoms with E-state index in [2.05, 4.69) is 0 Å². The van der Waals surface area contributed by atoms with Gasteiger partial charge in [0.1, 0.15) is 12.4 Å². The largest absolute Gasteiger partial charge is 0.465 e.